The highest BCUT2D eigenvalue weighted by Gasteiger charge is 2.38. The molecule has 0 fully saturated rings. The lowest BCUT2D eigenvalue weighted by Crippen LogP contribution is -2.42. The highest BCUT2D eigenvalue weighted by atomic mass is 32.2. The van der Waals surface area contributed by atoms with Crippen LogP contribution in [0.4, 0.5) is 0 Å². The molecule has 3 aromatic rings. The van der Waals surface area contributed by atoms with Gasteiger partial charge in [-0.15, -0.1) is 11.3 Å². The third-order valence-corrected chi connectivity index (χ3v) is 8.29. The number of benzene rings is 1. The van der Waals surface area contributed by atoms with Gasteiger partial charge in [-0.25, -0.2) is 8.42 Å². The molecular weight excluding hydrogens is 412 g/mol. The molecule has 3 heterocycles. The highest BCUT2D eigenvalue weighted by molar-refractivity contribution is 7.91. The Morgan fingerprint density at radius 1 is 1.00 bits per heavy atom. The van der Waals surface area contributed by atoms with Gasteiger partial charge >= 0.3 is 0 Å². The molecule has 0 N–H and O–H groups in total. The average Bonchev–Trinajstić information content (AvgIpc) is 3.43. The van der Waals surface area contributed by atoms with Crippen molar-refractivity contribution in [2.75, 3.05) is 27.9 Å². The summed E-state index contributed by atoms with van der Waals surface area (Å²) in [6.45, 7) is 0.955. The van der Waals surface area contributed by atoms with E-state index in [0.29, 0.717) is 34.5 Å². The molecule has 0 spiro atoms. The maximum absolute atomic E-state index is 13.4. The second kappa shape index (κ2) is 7.74. The first kappa shape index (κ1) is 19.8. The molecule has 0 saturated heterocycles. The van der Waals surface area contributed by atoms with Crippen molar-refractivity contribution in [3.05, 3.63) is 59.2 Å². The van der Waals surface area contributed by atoms with Gasteiger partial charge in [0.2, 0.25) is 5.75 Å². The minimum atomic E-state index is -3.67. The predicted octanol–water partition coefficient (Wildman–Crippen LogP) is 3.37. The fourth-order valence-electron chi connectivity index (χ4n) is 3.74. The molecule has 0 amide bonds. The second-order valence-electron chi connectivity index (χ2n) is 6.54. The van der Waals surface area contributed by atoms with Crippen LogP contribution in [0.15, 0.2) is 52.2 Å². The van der Waals surface area contributed by atoms with Crippen molar-refractivity contribution in [1.29, 1.82) is 0 Å². The Kier molecular flexibility index (Phi) is 5.28. The van der Waals surface area contributed by atoms with Crippen LogP contribution in [-0.4, -0.2) is 45.2 Å². The lowest BCUT2D eigenvalue weighted by molar-refractivity contribution is 0.293. The summed E-state index contributed by atoms with van der Waals surface area (Å²) < 4.78 is 47.2. The van der Waals surface area contributed by atoms with E-state index in [2.05, 4.69) is 4.57 Å². The number of sulfonamides is 1. The number of fused-ring (bicyclic) bond motifs is 1. The quantitative estimate of drug-likeness (QED) is 0.595. The average molecular weight is 435 g/mol. The van der Waals surface area contributed by atoms with Gasteiger partial charge in [0.05, 0.1) is 27.4 Å². The SMILES string of the molecule is COc1cc([C@@H]2c3cccn3CCN2S(=O)(=O)c2cccs2)cc(OC)c1OC. The molecule has 0 aliphatic carbocycles. The topological polar surface area (TPSA) is 70.0 Å². The van der Waals surface area contributed by atoms with Gasteiger partial charge < -0.3 is 18.8 Å². The number of rotatable bonds is 6. The summed E-state index contributed by atoms with van der Waals surface area (Å²) in [7, 11) is 0.968. The predicted molar refractivity (Wildman–Crippen MR) is 111 cm³/mol. The molecule has 1 aliphatic rings. The van der Waals surface area contributed by atoms with Gasteiger partial charge in [-0.1, -0.05) is 6.07 Å². The number of aromatic nitrogens is 1. The number of hydrogen-bond acceptors (Lipinski definition) is 6. The van der Waals surface area contributed by atoms with E-state index >= 15 is 0 Å². The Bertz CT molecular complexity index is 1080. The van der Waals surface area contributed by atoms with E-state index < -0.39 is 16.1 Å². The van der Waals surface area contributed by atoms with Crippen molar-refractivity contribution < 1.29 is 22.6 Å². The van der Waals surface area contributed by atoms with Gasteiger partial charge in [-0.2, -0.15) is 4.31 Å². The first-order chi connectivity index (χ1) is 14.0. The third-order valence-electron chi connectivity index (χ3n) is 5.05. The fourth-order valence-corrected chi connectivity index (χ4v) is 6.44. The molecule has 29 heavy (non-hydrogen) atoms. The molecule has 1 aromatic carbocycles. The summed E-state index contributed by atoms with van der Waals surface area (Å²) in [5.41, 5.74) is 1.64. The zero-order valence-corrected chi connectivity index (χ0v) is 18.0. The van der Waals surface area contributed by atoms with Crippen molar-refractivity contribution in [3.8, 4) is 17.2 Å². The van der Waals surface area contributed by atoms with Crippen LogP contribution in [0.3, 0.4) is 0 Å². The molecule has 0 radical (unpaired) electrons. The van der Waals surface area contributed by atoms with Crippen LogP contribution in [0.1, 0.15) is 17.3 Å². The van der Waals surface area contributed by atoms with Crippen LogP contribution in [0.5, 0.6) is 17.2 Å². The van der Waals surface area contributed by atoms with E-state index in [1.807, 2.05) is 30.5 Å². The molecule has 7 nitrogen and oxygen atoms in total. The first-order valence-corrected chi connectivity index (χ1v) is 11.3. The molecule has 1 aliphatic heterocycles. The highest BCUT2D eigenvalue weighted by Crippen LogP contribution is 2.44. The van der Waals surface area contributed by atoms with E-state index in [0.717, 1.165) is 11.3 Å². The molecule has 9 heteroatoms. The van der Waals surface area contributed by atoms with E-state index in [-0.39, 0.29) is 0 Å². The number of methoxy groups -OCH3 is 3. The Morgan fingerprint density at radius 3 is 2.31 bits per heavy atom. The molecule has 0 unspecified atom stereocenters. The monoisotopic (exact) mass is 434 g/mol. The Labute approximate surface area is 174 Å². The summed E-state index contributed by atoms with van der Waals surface area (Å²) in [5, 5.41) is 1.77. The van der Waals surface area contributed by atoms with Crippen molar-refractivity contribution in [2.45, 2.75) is 16.8 Å². The first-order valence-electron chi connectivity index (χ1n) is 9.01. The largest absolute Gasteiger partial charge is 0.493 e. The smallest absolute Gasteiger partial charge is 0.253 e. The number of ether oxygens (including phenoxy) is 3. The van der Waals surface area contributed by atoms with Crippen LogP contribution in [0, 0.1) is 0 Å². The Morgan fingerprint density at radius 2 is 1.72 bits per heavy atom. The minimum absolute atomic E-state index is 0.329. The summed E-state index contributed by atoms with van der Waals surface area (Å²) in [4.78, 5) is 0. The van der Waals surface area contributed by atoms with Gasteiger partial charge in [0.1, 0.15) is 4.21 Å². The maximum atomic E-state index is 13.4. The lowest BCUT2D eigenvalue weighted by Gasteiger charge is -2.36. The summed E-state index contributed by atoms with van der Waals surface area (Å²) in [5.74, 6) is 1.44. The number of nitrogens with zero attached hydrogens (tertiary/aromatic N) is 2. The minimum Gasteiger partial charge on any atom is -0.493 e. The molecule has 4 rings (SSSR count). The van der Waals surface area contributed by atoms with Crippen molar-refractivity contribution >= 4 is 21.4 Å². The third kappa shape index (κ3) is 3.29. The van der Waals surface area contributed by atoms with Crippen LogP contribution in [0.2, 0.25) is 0 Å². The Hall–Kier alpha value is -2.49. The van der Waals surface area contributed by atoms with Crippen molar-refractivity contribution in [3.63, 3.8) is 0 Å². The second-order valence-corrected chi connectivity index (χ2v) is 9.60. The molecular formula is C20H22N2O5S2. The van der Waals surface area contributed by atoms with Gasteiger partial charge in [-0.3, -0.25) is 0 Å². The molecule has 2 aromatic heterocycles. The van der Waals surface area contributed by atoms with Gasteiger partial charge in [0.25, 0.3) is 10.0 Å². The normalized spacial score (nSPS) is 17.0. The molecule has 1 atom stereocenters. The number of thiophene rings is 1. The van der Waals surface area contributed by atoms with E-state index in [1.165, 1.54) is 11.3 Å². The van der Waals surface area contributed by atoms with Gasteiger partial charge in [-0.05, 0) is 41.3 Å². The zero-order valence-electron chi connectivity index (χ0n) is 16.4. The van der Waals surface area contributed by atoms with Crippen LogP contribution in [-0.2, 0) is 16.6 Å². The molecule has 154 valence electrons. The Balaban J connectivity index is 1.91. The van der Waals surface area contributed by atoms with E-state index in [4.69, 9.17) is 14.2 Å². The van der Waals surface area contributed by atoms with Gasteiger partial charge in [0, 0.05) is 25.0 Å². The van der Waals surface area contributed by atoms with Crippen LogP contribution >= 0.6 is 11.3 Å². The lowest BCUT2D eigenvalue weighted by atomic mass is 10.0. The zero-order chi connectivity index (χ0) is 20.6. The van der Waals surface area contributed by atoms with E-state index in [9.17, 15) is 8.42 Å². The van der Waals surface area contributed by atoms with Crippen LogP contribution < -0.4 is 14.2 Å². The standard InChI is InChI=1S/C20H22N2O5S2/c1-25-16-12-14(13-17(26-2)20(16)27-3)19-15-6-4-8-21(15)9-10-22(19)29(23,24)18-7-5-11-28-18/h4-8,11-13,19H,9-10H2,1-3H3/t19-/m1/s1. The molecule has 0 bridgehead atoms. The summed E-state index contributed by atoms with van der Waals surface area (Å²) in [6.07, 6.45) is 1.97. The maximum Gasteiger partial charge on any atom is 0.253 e. The van der Waals surface area contributed by atoms with Crippen molar-refractivity contribution in [2.24, 2.45) is 0 Å². The van der Waals surface area contributed by atoms with Crippen LogP contribution in [0.25, 0.3) is 0 Å². The fraction of sp³-hybridized carbons (Fsp3) is 0.300. The summed E-state index contributed by atoms with van der Waals surface area (Å²) >= 11 is 1.22. The van der Waals surface area contributed by atoms with Crippen molar-refractivity contribution in [1.82, 2.24) is 8.87 Å². The number of hydrogen-bond donors (Lipinski definition) is 0. The summed E-state index contributed by atoms with van der Waals surface area (Å²) in [6, 6.07) is 10.4. The van der Waals surface area contributed by atoms with E-state index in [1.54, 1.807) is 43.1 Å². The molecule has 0 saturated carbocycles. The van der Waals surface area contributed by atoms with Gasteiger partial charge in [0.15, 0.2) is 11.5 Å².